The van der Waals surface area contributed by atoms with Gasteiger partial charge in [0.1, 0.15) is 6.07 Å². The fraction of sp³-hybridized carbons (Fsp3) is 0.619. The predicted octanol–water partition coefficient (Wildman–Crippen LogP) is 2.29. The Labute approximate surface area is 174 Å². The molecule has 29 heavy (non-hydrogen) atoms. The number of nitrogens with zero attached hydrogens (tertiary/aromatic N) is 4. The van der Waals surface area contributed by atoms with Crippen LogP contribution in [0.4, 0.5) is 0 Å². The molecule has 1 saturated heterocycles. The lowest BCUT2D eigenvalue weighted by Crippen LogP contribution is -2.53. The minimum Gasteiger partial charge on any atom is -0.339 e. The molecule has 8 heteroatoms. The molecule has 0 unspecified atom stereocenters. The molecule has 1 aromatic rings. The minimum absolute atomic E-state index is 0.0317. The van der Waals surface area contributed by atoms with Crippen molar-refractivity contribution in [1.29, 1.82) is 5.26 Å². The third kappa shape index (κ3) is 6.01. The van der Waals surface area contributed by atoms with Crippen molar-refractivity contribution in [3.05, 3.63) is 29.8 Å². The molecule has 1 aliphatic heterocycles. The van der Waals surface area contributed by atoms with Gasteiger partial charge in [0, 0.05) is 32.2 Å². The Kier molecular flexibility index (Phi) is 8.62. The summed E-state index contributed by atoms with van der Waals surface area (Å²) >= 11 is 0. The zero-order chi connectivity index (χ0) is 21.4. The van der Waals surface area contributed by atoms with Crippen LogP contribution in [0.3, 0.4) is 0 Å². The molecule has 0 atom stereocenters. The summed E-state index contributed by atoms with van der Waals surface area (Å²) in [5, 5.41) is 9.21. The van der Waals surface area contributed by atoms with Crippen molar-refractivity contribution in [2.45, 2.75) is 51.0 Å². The average Bonchev–Trinajstić information content (AvgIpc) is 2.72. The first-order chi connectivity index (χ1) is 13.8. The van der Waals surface area contributed by atoms with E-state index in [0.29, 0.717) is 25.7 Å². The summed E-state index contributed by atoms with van der Waals surface area (Å²) in [6, 6.07) is 8.47. The molecule has 0 bridgehead atoms. The smallest absolute Gasteiger partial charge is 0.244 e. The molecule has 1 heterocycles. The number of carbonyl (C=O) groups excluding carboxylic acids is 1. The number of carbonyl (C=O) groups is 1. The average molecular weight is 421 g/mol. The van der Waals surface area contributed by atoms with Gasteiger partial charge in [-0.05, 0) is 38.9 Å². The van der Waals surface area contributed by atoms with Crippen molar-refractivity contribution in [3.63, 3.8) is 0 Å². The van der Waals surface area contributed by atoms with Crippen LogP contribution in [0.2, 0.25) is 0 Å². The van der Waals surface area contributed by atoms with Crippen LogP contribution in [0.25, 0.3) is 0 Å². The SMILES string of the molecule is CCCCCN(CC(=O)N1CCN(S(=O)(=O)c2ccccc2C#N)CC1)C(C)C. The topological polar surface area (TPSA) is 84.7 Å². The van der Waals surface area contributed by atoms with Gasteiger partial charge in [-0.1, -0.05) is 31.9 Å². The number of rotatable bonds is 9. The van der Waals surface area contributed by atoms with Crippen LogP contribution >= 0.6 is 0 Å². The minimum atomic E-state index is -3.74. The van der Waals surface area contributed by atoms with Gasteiger partial charge in [0.2, 0.25) is 15.9 Å². The van der Waals surface area contributed by atoms with E-state index in [9.17, 15) is 18.5 Å². The van der Waals surface area contributed by atoms with Crippen molar-refractivity contribution in [2.75, 3.05) is 39.3 Å². The summed E-state index contributed by atoms with van der Waals surface area (Å²) in [4.78, 5) is 16.7. The van der Waals surface area contributed by atoms with Crippen LogP contribution in [0.5, 0.6) is 0 Å². The van der Waals surface area contributed by atoms with Gasteiger partial charge in [0.05, 0.1) is 17.0 Å². The van der Waals surface area contributed by atoms with E-state index in [-0.39, 0.29) is 29.5 Å². The second-order valence-corrected chi connectivity index (χ2v) is 9.57. The second kappa shape index (κ2) is 10.7. The lowest BCUT2D eigenvalue weighted by molar-refractivity contribution is -0.134. The first-order valence-electron chi connectivity index (χ1n) is 10.3. The first-order valence-corrected chi connectivity index (χ1v) is 11.8. The summed E-state index contributed by atoms with van der Waals surface area (Å²) in [6.45, 7) is 8.83. The predicted molar refractivity (Wildman–Crippen MR) is 113 cm³/mol. The highest BCUT2D eigenvalue weighted by Gasteiger charge is 2.32. The van der Waals surface area contributed by atoms with Crippen molar-refractivity contribution in [1.82, 2.24) is 14.1 Å². The number of nitriles is 1. The standard InChI is InChI=1S/C21H32N4O3S/c1-4-5-8-11-24(18(2)3)17-21(26)23-12-14-25(15-13-23)29(27,28)20-10-7-6-9-19(20)16-22/h6-7,9-10,18H,4-5,8,11-15,17H2,1-3H3. The van der Waals surface area contributed by atoms with Gasteiger partial charge in [0.15, 0.2) is 0 Å². The number of piperazine rings is 1. The molecule has 0 aromatic heterocycles. The number of hydrogen-bond donors (Lipinski definition) is 0. The molecular weight excluding hydrogens is 388 g/mol. The number of sulfonamides is 1. The van der Waals surface area contributed by atoms with Crippen molar-refractivity contribution in [3.8, 4) is 6.07 Å². The molecule has 0 saturated carbocycles. The van der Waals surface area contributed by atoms with Crippen LogP contribution in [0.1, 0.15) is 45.6 Å². The molecule has 0 N–H and O–H groups in total. The Morgan fingerprint density at radius 2 is 1.83 bits per heavy atom. The molecule has 1 fully saturated rings. The van der Waals surface area contributed by atoms with Gasteiger partial charge in [-0.15, -0.1) is 0 Å². The Balaban J connectivity index is 1.97. The van der Waals surface area contributed by atoms with E-state index in [0.717, 1.165) is 25.8 Å². The van der Waals surface area contributed by atoms with Crippen LogP contribution in [-0.2, 0) is 14.8 Å². The Morgan fingerprint density at radius 1 is 1.17 bits per heavy atom. The van der Waals surface area contributed by atoms with Crippen LogP contribution in [-0.4, -0.2) is 73.7 Å². The van der Waals surface area contributed by atoms with Crippen LogP contribution in [0.15, 0.2) is 29.2 Å². The molecule has 0 radical (unpaired) electrons. The van der Waals surface area contributed by atoms with Crippen LogP contribution in [0, 0.1) is 11.3 Å². The van der Waals surface area contributed by atoms with Crippen molar-refractivity contribution in [2.24, 2.45) is 0 Å². The van der Waals surface area contributed by atoms with Crippen LogP contribution < -0.4 is 0 Å². The zero-order valence-electron chi connectivity index (χ0n) is 17.7. The van der Waals surface area contributed by atoms with Gasteiger partial charge in [-0.25, -0.2) is 8.42 Å². The fourth-order valence-electron chi connectivity index (χ4n) is 3.46. The maximum atomic E-state index is 12.9. The summed E-state index contributed by atoms with van der Waals surface area (Å²) in [5.41, 5.74) is 0.144. The third-order valence-electron chi connectivity index (χ3n) is 5.33. The summed E-state index contributed by atoms with van der Waals surface area (Å²) in [7, 11) is -3.74. The van der Waals surface area contributed by atoms with Crippen molar-refractivity contribution < 1.29 is 13.2 Å². The summed E-state index contributed by atoms with van der Waals surface area (Å²) in [6.07, 6.45) is 3.37. The summed E-state index contributed by atoms with van der Waals surface area (Å²) < 4.78 is 27.2. The van der Waals surface area contributed by atoms with E-state index in [2.05, 4.69) is 25.7 Å². The van der Waals surface area contributed by atoms with Gasteiger partial charge >= 0.3 is 0 Å². The maximum Gasteiger partial charge on any atom is 0.244 e. The number of benzene rings is 1. The summed E-state index contributed by atoms with van der Waals surface area (Å²) in [5.74, 6) is 0.0460. The zero-order valence-corrected chi connectivity index (χ0v) is 18.5. The van der Waals surface area contributed by atoms with E-state index in [1.807, 2.05) is 6.07 Å². The Morgan fingerprint density at radius 3 is 2.41 bits per heavy atom. The monoisotopic (exact) mass is 420 g/mol. The quantitative estimate of drug-likeness (QED) is 0.572. The molecule has 0 aliphatic carbocycles. The lowest BCUT2D eigenvalue weighted by atomic mass is 10.2. The van der Waals surface area contributed by atoms with E-state index >= 15 is 0 Å². The van der Waals surface area contributed by atoms with E-state index in [4.69, 9.17) is 0 Å². The van der Waals surface area contributed by atoms with Gasteiger partial charge in [-0.3, -0.25) is 9.69 Å². The molecule has 1 aromatic carbocycles. The third-order valence-corrected chi connectivity index (χ3v) is 7.29. The van der Waals surface area contributed by atoms with E-state index in [1.165, 1.54) is 16.4 Å². The van der Waals surface area contributed by atoms with E-state index in [1.54, 1.807) is 17.0 Å². The maximum absolute atomic E-state index is 12.9. The lowest BCUT2D eigenvalue weighted by Gasteiger charge is -2.36. The first kappa shape index (κ1) is 23.3. The highest BCUT2D eigenvalue weighted by Crippen LogP contribution is 2.21. The molecule has 2 rings (SSSR count). The molecule has 1 aliphatic rings. The van der Waals surface area contributed by atoms with Gasteiger partial charge < -0.3 is 4.90 Å². The highest BCUT2D eigenvalue weighted by atomic mass is 32.2. The number of hydrogen-bond acceptors (Lipinski definition) is 5. The number of amides is 1. The normalized spacial score (nSPS) is 15.7. The van der Waals surface area contributed by atoms with E-state index < -0.39 is 10.0 Å². The Bertz CT molecular complexity index is 825. The molecule has 0 spiro atoms. The number of unbranched alkanes of at least 4 members (excludes halogenated alkanes) is 2. The second-order valence-electron chi connectivity index (χ2n) is 7.66. The Hall–Kier alpha value is -1.95. The molecule has 1 amide bonds. The molecular formula is C21H32N4O3S. The largest absolute Gasteiger partial charge is 0.339 e. The van der Waals surface area contributed by atoms with Gasteiger partial charge in [0.25, 0.3) is 0 Å². The highest BCUT2D eigenvalue weighted by molar-refractivity contribution is 7.89. The fourth-order valence-corrected chi connectivity index (χ4v) is 5.02. The van der Waals surface area contributed by atoms with Gasteiger partial charge in [-0.2, -0.15) is 9.57 Å². The molecule has 7 nitrogen and oxygen atoms in total. The van der Waals surface area contributed by atoms with Crippen molar-refractivity contribution >= 4 is 15.9 Å². The molecule has 160 valence electrons.